The smallest absolute Gasteiger partial charge is 0.345 e. The van der Waals surface area contributed by atoms with Crippen molar-refractivity contribution in [3.05, 3.63) is 23.2 Å². The van der Waals surface area contributed by atoms with E-state index in [4.69, 9.17) is 5.11 Å². The zero-order chi connectivity index (χ0) is 9.42. The first-order chi connectivity index (χ1) is 6.18. The van der Waals surface area contributed by atoms with E-state index in [0.29, 0.717) is 10.2 Å². The van der Waals surface area contributed by atoms with Crippen LogP contribution in [0.2, 0.25) is 0 Å². The number of carbonyl (C=O) groups is 1. The van der Waals surface area contributed by atoms with E-state index in [-0.39, 0.29) is 23.0 Å². The van der Waals surface area contributed by atoms with Gasteiger partial charge in [0.25, 0.3) is 0 Å². The number of carboxylic acid groups (broad SMARTS) is 1. The molecule has 2 aromatic rings. The topological polar surface area (TPSA) is 70.4 Å². The average Bonchev–Trinajstić information content (AvgIpc) is 2.49. The van der Waals surface area contributed by atoms with Crippen LogP contribution in [0.1, 0.15) is 9.67 Å². The molecule has 0 aliphatic heterocycles. The molecule has 0 radical (unpaired) electrons. The minimum Gasteiger partial charge on any atom is -0.507 e. The molecule has 0 unspecified atom stereocenters. The first-order valence-electron chi connectivity index (χ1n) is 3.49. The summed E-state index contributed by atoms with van der Waals surface area (Å²) < 4.78 is 0. The Morgan fingerprint density at radius 1 is 1.50 bits per heavy atom. The highest BCUT2D eigenvalue weighted by Crippen LogP contribution is 2.29. The van der Waals surface area contributed by atoms with Crippen molar-refractivity contribution in [2.75, 3.05) is 0 Å². The van der Waals surface area contributed by atoms with Crippen LogP contribution >= 0.6 is 23.7 Å². The summed E-state index contributed by atoms with van der Waals surface area (Å²) >= 11 is 1.05. The molecule has 6 heteroatoms. The van der Waals surface area contributed by atoms with Crippen molar-refractivity contribution >= 4 is 39.9 Å². The maximum Gasteiger partial charge on any atom is 0.345 e. The normalized spacial score (nSPS) is 9.71. The second kappa shape index (κ2) is 3.81. The fourth-order valence-electron chi connectivity index (χ4n) is 1.03. The molecular formula is C8H6ClNO3S. The zero-order valence-electron chi connectivity index (χ0n) is 6.80. The van der Waals surface area contributed by atoms with Crippen molar-refractivity contribution in [1.29, 1.82) is 0 Å². The van der Waals surface area contributed by atoms with Gasteiger partial charge in [0.05, 0.1) is 5.39 Å². The molecule has 0 aromatic carbocycles. The third kappa shape index (κ3) is 1.64. The van der Waals surface area contributed by atoms with Gasteiger partial charge in [0.1, 0.15) is 15.5 Å². The van der Waals surface area contributed by atoms with Gasteiger partial charge < -0.3 is 10.2 Å². The standard InChI is InChI=1S/C8H5NO3S.ClH/c10-5-1-2-9-7-4(5)3-6(13-7)8(11)12;/h1-3H,(H,9,10)(H,11,12);1H. The first kappa shape index (κ1) is 10.7. The van der Waals surface area contributed by atoms with Gasteiger partial charge in [0.15, 0.2) is 0 Å². The summed E-state index contributed by atoms with van der Waals surface area (Å²) in [5.41, 5.74) is 0. The van der Waals surface area contributed by atoms with Crippen LogP contribution in [-0.4, -0.2) is 21.2 Å². The Labute approximate surface area is 89.2 Å². The Bertz CT molecular complexity index is 482. The lowest BCUT2D eigenvalue weighted by Gasteiger charge is -1.89. The van der Waals surface area contributed by atoms with Crippen LogP contribution in [0.25, 0.3) is 10.2 Å². The Morgan fingerprint density at radius 3 is 2.79 bits per heavy atom. The number of pyridine rings is 1. The summed E-state index contributed by atoms with van der Waals surface area (Å²) in [5.74, 6) is -0.934. The van der Waals surface area contributed by atoms with E-state index in [9.17, 15) is 9.90 Å². The number of aromatic carboxylic acids is 1. The lowest BCUT2D eigenvalue weighted by Crippen LogP contribution is -1.89. The highest BCUT2D eigenvalue weighted by atomic mass is 35.5. The van der Waals surface area contributed by atoms with Gasteiger partial charge in [0, 0.05) is 6.20 Å². The van der Waals surface area contributed by atoms with E-state index in [0.717, 1.165) is 11.3 Å². The molecule has 0 amide bonds. The zero-order valence-corrected chi connectivity index (χ0v) is 8.43. The van der Waals surface area contributed by atoms with Gasteiger partial charge in [-0.3, -0.25) is 0 Å². The van der Waals surface area contributed by atoms with E-state index in [2.05, 4.69) is 4.98 Å². The lowest BCUT2D eigenvalue weighted by molar-refractivity contribution is 0.0702. The Balaban J connectivity index is 0.000000980. The van der Waals surface area contributed by atoms with Crippen LogP contribution in [-0.2, 0) is 0 Å². The fraction of sp³-hybridized carbons (Fsp3) is 0. The number of fused-ring (bicyclic) bond motifs is 1. The van der Waals surface area contributed by atoms with E-state index in [1.54, 1.807) is 0 Å². The van der Waals surface area contributed by atoms with Crippen molar-refractivity contribution in [3.8, 4) is 5.75 Å². The molecule has 0 spiro atoms. The summed E-state index contributed by atoms with van der Waals surface area (Å²) in [4.78, 5) is 15.2. The van der Waals surface area contributed by atoms with E-state index in [1.165, 1.54) is 18.3 Å². The monoisotopic (exact) mass is 231 g/mol. The number of hydrogen-bond donors (Lipinski definition) is 2. The van der Waals surface area contributed by atoms with Gasteiger partial charge in [-0.15, -0.1) is 23.7 Å². The summed E-state index contributed by atoms with van der Waals surface area (Å²) in [6.45, 7) is 0. The van der Waals surface area contributed by atoms with E-state index >= 15 is 0 Å². The van der Waals surface area contributed by atoms with E-state index in [1.807, 2.05) is 0 Å². The van der Waals surface area contributed by atoms with Gasteiger partial charge >= 0.3 is 5.97 Å². The van der Waals surface area contributed by atoms with Crippen molar-refractivity contribution in [1.82, 2.24) is 4.98 Å². The fourth-order valence-corrected chi connectivity index (χ4v) is 1.89. The Hall–Kier alpha value is -1.33. The second-order valence-corrected chi connectivity index (χ2v) is 3.50. The number of aromatic hydroxyl groups is 1. The highest BCUT2D eigenvalue weighted by Gasteiger charge is 2.10. The SMILES string of the molecule is Cl.O=C(O)c1cc2c(O)ccnc2s1. The maximum absolute atomic E-state index is 10.6. The molecule has 0 saturated heterocycles. The number of carboxylic acids is 1. The summed E-state index contributed by atoms with van der Waals surface area (Å²) in [7, 11) is 0. The van der Waals surface area contributed by atoms with Crippen LogP contribution in [0, 0.1) is 0 Å². The first-order valence-corrected chi connectivity index (χ1v) is 4.31. The van der Waals surface area contributed by atoms with Gasteiger partial charge in [0.2, 0.25) is 0 Å². The molecule has 0 aliphatic rings. The maximum atomic E-state index is 10.6. The molecule has 0 saturated carbocycles. The summed E-state index contributed by atoms with van der Waals surface area (Å²) in [5, 5.41) is 18.5. The van der Waals surface area contributed by atoms with Crippen LogP contribution < -0.4 is 0 Å². The minimum absolute atomic E-state index is 0. The number of nitrogens with zero attached hydrogens (tertiary/aromatic N) is 1. The quantitative estimate of drug-likeness (QED) is 0.789. The molecule has 0 fully saturated rings. The number of rotatable bonds is 1. The number of thiophene rings is 1. The number of aromatic nitrogens is 1. The highest BCUT2D eigenvalue weighted by molar-refractivity contribution is 7.20. The molecule has 2 rings (SSSR count). The lowest BCUT2D eigenvalue weighted by atomic mass is 10.3. The number of hydrogen-bond acceptors (Lipinski definition) is 4. The molecule has 2 aromatic heterocycles. The number of halogens is 1. The molecular weight excluding hydrogens is 226 g/mol. The molecule has 4 nitrogen and oxygen atoms in total. The van der Waals surface area contributed by atoms with Crippen LogP contribution in [0.3, 0.4) is 0 Å². The molecule has 0 aliphatic carbocycles. The summed E-state index contributed by atoms with van der Waals surface area (Å²) in [6, 6.07) is 2.85. The predicted octanol–water partition coefficient (Wildman–Crippen LogP) is 2.12. The molecule has 0 atom stereocenters. The molecule has 2 heterocycles. The predicted molar refractivity (Wildman–Crippen MR) is 55.5 cm³/mol. The summed E-state index contributed by atoms with van der Waals surface area (Å²) in [6.07, 6.45) is 1.44. The van der Waals surface area contributed by atoms with Crippen molar-refractivity contribution in [2.45, 2.75) is 0 Å². The van der Waals surface area contributed by atoms with Crippen LogP contribution in [0.15, 0.2) is 18.3 Å². The average molecular weight is 232 g/mol. The molecule has 2 N–H and O–H groups in total. The van der Waals surface area contributed by atoms with Crippen LogP contribution in [0.4, 0.5) is 0 Å². The van der Waals surface area contributed by atoms with Crippen molar-refractivity contribution < 1.29 is 15.0 Å². The Kier molecular flexibility index (Phi) is 2.93. The molecule has 14 heavy (non-hydrogen) atoms. The Morgan fingerprint density at radius 2 is 2.21 bits per heavy atom. The second-order valence-electron chi connectivity index (χ2n) is 2.46. The van der Waals surface area contributed by atoms with Gasteiger partial charge in [-0.1, -0.05) is 0 Å². The van der Waals surface area contributed by atoms with Crippen molar-refractivity contribution in [2.24, 2.45) is 0 Å². The van der Waals surface area contributed by atoms with Crippen LogP contribution in [0.5, 0.6) is 5.75 Å². The third-order valence-electron chi connectivity index (χ3n) is 1.62. The third-order valence-corrected chi connectivity index (χ3v) is 2.65. The molecule has 0 bridgehead atoms. The van der Waals surface area contributed by atoms with Gasteiger partial charge in [-0.25, -0.2) is 9.78 Å². The van der Waals surface area contributed by atoms with E-state index < -0.39 is 5.97 Å². The minimum atomic E-state index is -0.998. The van der Waals surface area contributed by atoms with Gasteiger partial charge in [-0.05, 0) is 12.1 Å². The van der Waals surface area contributed by atoms with Crippen molar-refractivity contribution in [3.63, 3.8) is 0 Å². The largest absolute Gasteiger partial charge is 0.507 e. The molecule has 74 valence electrons. The van der Waals surface area contributed by atoms with Gasteiger partial charge in [-0.2, -0.15) is 0 Å².